The fourth-order valence-corrected chi connectivity index (χ4v) is 3.45. The Morgan fingerprint density at radius 2 is 2.37 bits per heavy atom. The van der Waals surface area contributed by atoms with E-state index in [0.717, 1.165) is 30.9 Å². The number of nitrogens with zero attached hydrogens (tertiary/aromatic N) is 1. The van der Waals surface area contributed by atoms with Crippen molar-refractivity contribution in [3.05, 3.63) is 10.9 Å². The van der Waals surface area contributed by atoms with Crippen molar-refractivity contribution in [2.75, 3.05) is 37.9 Å². The summed E-state index contributed by atoms with van der Waals surface area (Å²) in [5.74, 6) is -0.125. The van der Waals surface area contributed by atoms with Crippen LogP contribution in [0.5, 0.6) is 0 Å². The average molecular weight is 283 g/mol. The molecule has 1 atom stereocenters. The van der Waals surface area contributed by atoms with Crippen LogP contribution in [0.2, 0.25) is 0 Å². The summed E-state index contributed by atoms with van der Waals surface area (Å²) in [5, 5.41) is 3.65. The highest BCUT2D eigenvalue weighted by molar-refractivity contribution is 7.18. The molecule has 0 spiro atoms. The third-order valence-corrected chi connectivity index (χ3v) is 4.85. The first-order valence-corrected chi connectivity index (χ1v) is 7.22. The molecular weight excluding hydrogens is 262 g/mol. The molecule has 2 rings (SSSR count). The number of carbonyl (C=O) groups excluding carboxylic acids is 1. The zero-order chi connectivity index (χ0) is 14.0. The van der Waals surface area contributed by atoms with E-state index in [-0.39, 0.29) is 11.5 Å². The van der Waals surface area contributed by atoms with Crippen molar-refractivity contribution in [3.8, 4) is 0 Å². The summed E-state index contributed by atoms with van der Waals surface area (Å²) in [7, 11) is 3.37. The van der Waals surface area contributed by atoms with Crippen molar-refractivity contribution in [2.45, 2.75) is 25.4 Å². The molecular formula is C13H21N3O2S. The number of anilines is 2. The van der Waals surface area contributed by atoms with Crippen LogP contribution in [0, 0.1) is 0 Å². The summed E-state index contributed by atoms with van der Waals surface area (Å²) in [5.41, 5.74) is 6.34. The van der Waals surface area contributed by atoms with Crippen molar-refractivity contribution >= 4 is 27.9 Å². The lowest BCUT2D eigenvalue weighted by Gasteiger charge is -2.39. The van der Waals surface area contributed by atoms with Crippen LogP contribution >= 0.6 is 11.3 Å². The van der Waals surface area contributed by atoms with Crippen LogP contribution in [0.4, 0.5) is 10.7 Å². The molecule has 106 valence electrons. The zero-order valence-electron chi connectivity index (χ0n) is 11.7. The van der Waals surface area contributed by atoms with Gasteiger partial charge < -0.3 is 20.7 Å². The number of amides is 1. The highest BCUT2D eigenvalue weighted by atomic mass is 32.1. The number of methoxy groups -OCH3 is 1. The second-order valence-electron chi connectivity index (χ2n) is 5.13. The van der Waals surface area contributed by atoms with Crippen molar-refractivity contribution in [3.63, 3.8) is 0 Å². The van der Waals surface area contributed by atoms with E-state index in [1.54, 1.807) is 14.2 Å². The van der Waals surface area contributed by atoms with Gasteiger partial charge in [0.05, 0.1) is 16.3 Å². The topological polar surface area (TPSA) is 67.6 Å². The molecule has 0 saturated carbocycles. The lowest BCUT2D eigenvalue weighted by Crippen LogP contribution is -2.47. The van der Waals surface area contributed by atoms with Gasteiger partial charge in [0, 0.05) is 27.2 Å². The summed E-state index contributed by atoms with van der Waals surface area (Å²) >= 11 is 1.44. The van der Waals surface area contributed by atoms with E-state index in [1.165, 1.54) is 11.3 Å². The van der Waals surface area contributed by atoms with E-state index in [2.05, 4.69) is 17.1 Å². The van der Waals surface area contributed by atoms with Crippen molar-refractivity contribution < 1.29 is 9.53 Å². The first-order chi connectivity index (χ1) is 8.99. The van der Waals surface area contributed by atoms with Gasteiger partial charge in [-0.25, -0.2) is 0 Å². The molecule has 19 heavy (non-hydrogen) atoms. The van der Waals surface area contributed by atoms with E-state index >= 15 is 0 Å². The molecule has 6 heteroatoms. The van der Waals surface area contributed by atoms with E-state index in [0.29, 0.717) is 10.6 Å². The van der Waals surface area contributed by atoms with Crippen LogP contribution in [0.1, 0.15) is 29.4 Å². The molecule has 0 aliphatic carbocycles. The Morgan fingerprint density at radius 3 is 3.00 bits per heavy atom. The third-order valence-electron chi connectivity index (χ3n) is 3.64. The molecule has 1 fully saturated rings. The fourth-order valence-electron chi connectivity index (χ4n) is 2.40. The van der Waals surface area contributed by atoms with Gasteiger partial charge in [0.15, 0.2) is 0 Å². The second-order valence-corrected chi connectivity index (χ2v) is 6.16. The van der Waals surface area contributed by atoms with E-state index in [4.69, 9.17) is 10.5 Å². The van der Waals surface area contributed by atoms with Gasteiger partial charge in [-0.3, -0.25) is 4.79 Å². The minimum Gasteiger partial charge on any atom is -0.397 e. The fraction of sp³-hybridized carbons (Fsp3) is 0.615. The number of piperidine rings is 1. The number of thiophene rings is 1. The highest BCUT2D eigenvalue weighted by Crippen LogP contribution is 2.36. The van der Waals surface area contributed by atoms with E-state index in [9.17, 15) is 4.79 Å². The number of hydrogen-bond donors (Lipinski definition) is 2. The van der Waals surface area contributed by atoms with Gasteiger partial charge in [0.25, 0.3) is 5.91 Å². The lowest BCUT2D eigenvalue weighted by atomic mass is 9.95. The Kier molecular flexibility index (Phi) is 4.01. The van der Waals surface area contributed by atoms with Crippen molar-refractivity contribution in [2.24, 2.45) is 0 Å². The van der Waals surface area contributed by atoms with E-state index < -0.39 is 0 Å². The summed E-state index contributed by atoms with van der Waals surface area (Å²) < 4.78 is 5.59. The van der Waals surface area contributed by atoms with E-state index in [1.807, 2.05) is 6.07 Å². The molecule has 1 aromatic heterocycles. The van der Waals surface area contributed by atoms with Gasteiger partial charge in [-0.1, -0.05) is 0 Å². The quantitative estimate of drug-likeness (QED) is 0.886. The molecule has 5 nitrogen and oxygen atoms in total. The van der Waals surface area contributed by atoms with Crippen LogP contribution in [0.3, 0.4) is 0 Å². The maximum absolute atomic E-state index is 11.7. The Labute approximate surface area is 117 Å². The number of ether oxygens (including phenoxy) is 1. The molecule has 1 aliphatic rings. The lowest BCUT2D eigenvalue weighted by molar-refractivity contribution is -0.00451. The molecule has 1 amide bonds. The Balaban J connectivity index is 2.20. The van der Waals surface area contributed by atoms with Crippen LogP contribution in [-0.2, 0) is 4.74 Å². The minimum absolute atomic E-state index is 0.121. The van der Waals surface area contributed by atoms with Gasteiger partial charge >= 0.3 is 0 Å². The molecule has 0 aromatic carbocycles. The number of hydrogen-bond acceptors (Lipinski definition) is 5. The maximum Gasteiger partial charge on any atom is 0.263 e. The van der Waals surface area contributed by atoms with Gasteiger partial charge in [0.2, 0.25) is 0 Å². The van der Waals surface area contributed by atoms with Crippen LogP contribution in [0.15, 0.2) is 6.07 Å². The molecule has 3 N–H and O–H groups in total. The highest BCUT2D eigenvalue weighted by Gasteiger charge is 2.32. The van der Waals surface area contributed by atoms with Gasteiger partial charge in [-0.15, -0.1) is 11.3 Å². The number of rotatable bonds is 3. The molecule has 1 saturated heterocycles. The first kappa shape index (κ1) is 14.1. The number of nitrogen functional groups attached to an aromatic ring is 1. The minimum atomic E-state index is -0.125. The number of nitrogens with one attached hydrogen (secondary N) is 1. The number of carbonyl (C=O) groups is 1. The van der Waals surface area contributed by atoms with Crippen molar-refractivity contribution in [1.29, 1.82) is 0 Å². The molecule has 1 aliphatic heterocycles. The summed E-state index contributed by atoms with van der Waals surface area (Å²) in [6.45, 7) is 3.93. The third kappa shape index (κ3) is 2.84. The van der Waals surface area contributed by atoms with Crippen LogP contribution < -0.4 is 16.0 Å². The second kappa shape index (κ2) is 5.38. The Hall–Kier alpha value is -1.27. The molecule has 2 heterocycles. The normalized spacial score (nSPS) is 23.4. The smallest absolute Gasteiger partial charge is 0.263 e. The summed E-state index contributed by atoms with van der Waals surface area (Å²) in [6.07, 6.45) is 2.14. The molecule has 1 unspecified atom stereocenters. The maximum atomic E-state index is 11.7. The Bertz CT molecular complexity index is 474. The Morgan fingerprint density at radius 1 is 1.63 bits per heavy atom. The van der Waals surface area contributed by atoms with Crippen LogP contribution in [0.25, 0.3) is 0 Å². The number of nitrogens with two attached hydrogens (primary N) is 1. The molecule has 0 bridgehead atoms. The van der Waals surface area contributed by atoms with Crippen LogP contribution in [-0.4, -0.2) is 38.8 Å². The van der Waals surface area contributed by atoms with Gasteiger partial charge in [0.1, 0.15) is 4.88 Å². The predicted molar refractivity (Wildman–Crippen MR) is 79.0 cm³/mol. The zero-order valence-corrected chi connectivity index (χ0v) is 12.5. The largest absolute Gasteiger partial charge is 0.397 e. The molecule has 0 radical (unpaired) electrons. The predicted octanol–water partition coefficient (Wildman–Crippen LogP) is 1.70. The monoisotopic (exact) mass is 283 g/mol. The summed E-state index contributed by atoms with van der Waals surface area (Å²) in [4.78, 5) is 14.5. The standard InChI is InChI=1S/C13H21N3O2S/c1-13(18-3)5-4-6-16(8-13)10-7-9(14)11(19-10)12(17)15-2/h7H,4-6,8,14H2,1-3H3,(H,15,17). The van der Waals surface area contributed by atoms with Gasteiger partial charge in [-0.05, 0) is 25.8 Å². The summed E-state index contributed by atoms with van der Waals surface area (Å²) in [6, 6.07) is 1.89. The SMILES string of the molecule is CNC(=O)c1sc(N2CCCC(C)(OC)C2)cc1N. The molecule has 1 aromatic rings. The van der Waals surface area contributed by atoms with Gasteiger partial charge in [-0.2, -0.15) is 0 Å². The van der Waals surface area contributed by atoms with Crippen molar-refractivity contribution in [1.82, 2.24) is 5.32 Å². The average Bonchev–Trinajstić information content (AvgIpc) is 2.80. The first-order valence-electron chi connectivity index (χ1n) is 6.40.